The van der Waals surface area contributed by atoms with E-state index in [1.807, 2.05) is 0 Å². The average molecular weight is 839 g/mol. The minimum atomic E-state index is -5.11. The van der Waals surface area contributed by atoms with Crippen LogP contribution in [0, 0.1) is 6.92 Å². The first kappa shape index (κ1) is 40.4. The fourth-order valence-electron chi connectivity index (χ4n) is 6.01. The van der Waals surface area contributed by atoms with Gasteiger partial charge in [0.2, 0.25) is 0 Å². The van der Waals surface area contributed by atoms with Gasteiger partial charge in [0.25, 0.3) is 30.4 Å². The quantitative estimate of drug-likeness (QED) is 0.0408. The second-order valence-corrected chi connectivity index (χ2v) is 16.5. The summed E-state index contributed by atoms with van der Waals surface area (Å²) >= 11 is 0. The molecule has 10 N–H and O–H groups in total. The molecule has 22 heteroatoms. The van der Waals surface area contributed by atoms with Crippen molar-refractivity contribution in [2.24, 2.45) is 20.5 Å². The molecular formula is C35H30N6O13S3. The van der Waals surface area contributed by atoms with Crippen LogP contribution in [0.1, 0.15) is 11.1 Å². The molecule has 0 unspecified atom stereocenters. The number of nitrogens with two attached hydrogens (primary N) is 2. The maximum atomic E-state index is 12.0. The van der Waals surface area contributed by atoms with Crippen LogP contribution in [-0.4, -0.2) is 61.3 Å². The Labute approximate surface area is 323 Å². The molecular weight excluding hydrogens is 809 g/mol. The molecule has 0 saturated carbocycles. The minimum absolute atomic E-state index is 0.0221. The molecule has 19 nitrogen and oxygen atoms in total. The number of azo groups is 2. The summed E-state index contributed by atoms with van der Waals surface area (Å²) in [4.78, 5) is -2.46. The monoisotopic (exact) mass is 838 g/mol. The largest absolute Gasteiger partial charge is 0.505 e. The number of methoxy groups -OCH3 is 1. The van der Waals surface area contributed by atoms with Crippen molar-refractivity contribution in [1.29, 1.82) is 0 Å². The number of aliphatic hydroxyl groups is 1. The van der Waals surface area contributed by atoms with Gasteiger partial charge in [-0.2, -0.15) is 30.4 Å². The molecule has 296 valence electrons. The van der Waals surface area contributed by atoms with E-state index < -0.39 is 74.2 Å². The number of aliphatic hydroxyl groups excluding tert-OH is 1. The van der Waals surface area contributed by atoms with E-state index in [1.165, 1.54) is 38.3 Å². The SMILES string of the molecule is COc1cc(-c2ccc(N=Nc3ccc4c(S(=O)(=O)O)cc(C)c(N)c4c3O)c(CO)c2)ccc1N=Nc1ccc2c(S(=O)(=O)O)cc(S(=O)(=O)O)c(N)c2c1O. The van der Waals surface area contributed by atoms with Crippen LogP contribution in [0.2, 0.25) is 0 Å². The molecule has 0 spiro atoms. The summed E-state index contributed by atoms with van der Waals surface area (Å²) in [5.41, 5.74) is 13.2. The van der Waals surface area contributed by atoms with Gasteiger partial charge in [0, 0.05) is 22.0 Å². The Morgan fingerprint density at radius 3 is 1.53 bits per heavy atom. The van der Waals surface area contributed by atoms with Gasteiger partial charge in [-0.1, -0.05) is 24.3 Å². The first-order chi connectivity index (χ1) is 26.6. The summed E-state index contributed by atoms with van der Waals surface area (Å²) in [5.74, 6) is -1.10. The van der Waals surface area contributed by atoms with Crippen molar-refractivity contribution >= 4 is 86.0 Å². The standard InChI is InChI=1S/C35H30N6O13S3/c1-16-11-27(55(45,46)47)20-5-9-24(34(43)30(20)32(16)36)40-38-22-7-3-17(12-19(22)15-42)18-4-8-23(26(13-18)54-2)39-41-25-10-6-21-28(56(48,49)50)14-29(57(51,52)53)33(37)31(21)35(25)44/h3-14,42-44H,15,36-37H2,1-2H3,(H,45,46,47)(H,48,49,50)(H,51,52,53). The fourth-order valence-corrected chi connectivity index (χ4v) is 8.22. The molecule has 0 aromatic heterocycles. The predicted molar refractivity (Wildman–Crippen MR) is 207 cm³/mol. The Morgan fingerprint density at radius 1 is 0.579 bits per heavy atom. The number of rotatable bonds is 10. The Morgan fingerprint density at radius 2 is 1.02 bits per heavy atom. The fraction of sp³-hybridized carbons (Fsp3) is 0.0857. The van der Waals surface area contributed by atoms with E-state index in [0.717, 1.165) is 12.1 Å². The molecule has 6 rings (SSSR count). The van der Waals surface area contributed by atoms with Crippen LogP contribution in [-0.2, 0) is 37.0 Å². The van der Waals surface area contributed by atoms with E-state index in [2.05, 4.69) is 20.5 Å². The maximum absolute atomic E-state index is 12.0. The van der Waals surface area contributed by atoms with Crippen LogP contribution in [0.4, 0.5) is 34.1 Å². The molecule has 57 heavy (non-hydrogen) atoms. The number of hydrogen-bond acceptors (Lipinski definition) is 16. The van der Waals surface area contributed by atoms with Gasteiger partial charge in [0.05, 0.1) is 35.9 Å². The van der Waals surface area contributed by atoms with Crippen molar-refractivity contribution in [1.82, 2.24) is 0 Å². The van der Waals surface area contributed by atoms with Crippen LogP contribution < -0.4 is 16.2 Å². The second-order valence-electron chi connectivity index (χ2n) is 12.3. The van der Waals surface area contributed by atoms with Gasteiger partial charge < -0.3 is 31.5 Å². The summed E-state index contributed by atoms with van der Waals surface area (Å²) in [6.45, 7) is 1.03. The van der Waals surface area contributed by atoms with Crippen molar-refractivity contribution in [3.05, 3.63) is 83.9 Å². The Hall–Kier alpha value is -6.27. The first-order valence-corrected chi connectivity index (χ1v) is 20.3. The van der Waals surface area contributed by atoms with Gasteiger partial charge in [-0.15, -0.1) is 15.3 Å². The van der Waals surface area contributed by atoms with Crippen LogP contribution in [0.5, 0.6) is 17.2 Å². The normalized spacial score (nSPS) is 12.7. The molecule has 0 aliphatic rings. The van der Waals surface area contributed by atoms with E-state index in [-0.39, 0.29) is 50.3 Å². The summed E-state index contributed by atoms with van der Waals surface area (Å²) < 4.78 is 106. The highest BCUT2D eigenvalue weighted by atomic mass is 32.2. The number of fused-ring (bicyclic) bond motifs is 2. The number of aromatic hydroxyl groups is 2. The number of hydrogen-bond donors (Lipinski definition) is 8. The van der Waals surface area contributed by atoms with E-state index in [9.17, 15) is 54.2 Å². The third kappa shape index (κ3) is 7.65. The molecule has 0 atom stereocenters. The van der Waals surface area contributed by atoms with Crippen LogP contribution in [0.3, 0.4) is 0 Å². The van der Waals surface area contributed by atoms with Crippen molar-refractivity contribution in [3.8, 4) is 28.4 Å². The van der Waals surface area contributed by atoms with Crippen LogP contribution in [0.25, 0.3) is 32.7 Å². The number of phenolic OH excluding ortho intramolecular Hbond substituents is 2. The Kier molecular flexibility index (Phi) is 10.4. The number of aryl methyl sites for hydroxylation is 1. The molecule has 0 amide bonds. The maximum Gasteiger partial charge on any atom is 0.296 e. The number of phenols is 2. The minimum Gasteiger partial charge on any atom is -0.505 e. The molecule has 0 aliphatic carbocycles. The van der Waals surface area contributed by atoms with Crippen molar-refractivity contribution in [2.75, 3.05) is 18.6 Å². The molecule has 6 aromatic rings. The lowest BCUT2D eigenvalue weighted by atomic mass is 10.0. The molecule has 0 bridgehead atoms. The van der Waals surface area contributed by atoms with Crippen molar-refractivity contribution < 1.29 is 59.0 Å². The average Bonchev–Trinajstić information content (AvgIpc) is 3.14. The molecule has 0 heterocycles. The van der Waals surface area contributed by atoms with Gasteiger partial charge in [0.15, 0.2) is 11.5 Å². The number of ether oxygens (including phenoxy) is 1. The Balaban J connectivity index is 1.33. The summed E-state index contributed by atoms with van der Waals surface area (Å²) in [7, 11) is -13.5. The van der Waals surface area contributed by atoms with Crippen molar-refractivity contribution in [3.63, 3.8) is 0 Å². The topological polar surface area (TPSA) is 335 Å². The first-order valence-electron chi connectivity index (χ1n) is 16.0. The summed E-state index contributed by atoms with van der Waals surface area (Å²) in [6, 6.07) is 16.0. The number of anilines is 2. The summed E-state index contributed by atoms with van der Waals surface area (Å²) in [6.07, 6.45) is 0. The van der Waals surface area contributed by atoms with Gasteiger partial charge >= 0.3 is 0 Å². The van der Waals surface area contributed by atoms with E-state index in [4.69, 9.17) is 16.2 Å². The van der Waals surface area contributed by atoms with E-state index in [0.29, 0.717) is 28.3 Å². The van der Waals surface area contributed by atoms with Gasteiger partial charge in [-0.3, -0.25) is 13.7 Å². The lowest BCUT2D eigenvalue weighted by Crippen LogP contribution is -2.08. The highest BCUT2D eigenvalue weighted by Crippen LogP contribution is 2.45. The zero-order valence-electron chi connectivity index (χ0n) is 29.3. The number of benzene rings is 6. The van der Waals surface area contributed by atoms with Crippen LogP contribution in [0.15, 0.2) is 108 Å². The highest BCUT2D eigenvalue weighted by molar-refractivity contribution is 7.87. The number of nitrogens with zero attached hydrogens (tertiary/aromatic N) is 4. The molecule has 6 aromatic carbocycles. The molecule has 0 radical (unpaired) electrons. The lowest BCUT2D eigenvalue weighted by Gasteiger charge is -2.13. The van der Waals surface area contributed by atoms with Gasteiger partial charge in [-0.05, 0) is 72.1 Å². The molecule has 0 saturated heterocycles. The third-order valence-corrected chi connectivity index (χ3v) is 11.5. The zero-order valence-corrected chi connectivity index (χ0v) is 31.8. The molecule has 0 aliphatic heterocycles. The highest BCUT2D eigenvalue weighted by Gasteiger charge is 2.27. The van der Waals surface area contributed by atoms with Crippen LogP contribution >= 0.6 is 0 Å². The van der Waals surface area contributed by atoms with E-state index >= 15 is 0 Å². The Bertz CT molecular complexity index is 3080. The van der Waals surface area contributed by atoms with Crippen molar-refractivity contribution in [2.45, 2.75) is 28.2 Å². The van der Waals surface area contributed by atoms with E-state index in [1.54, 1.807) is 30.3 Å². The zero-order chi connectivity index (χ0) is 41.8. The third-order valence-electron chi connectivity index (χ3n) is 8.81. The molecule has 0 fully saturated rings. The summed E-state index contributed by atoms with van der Waals surface area (Å²) in [5, 5.41) is 47.6. The van der Waals surface area contributed by atoms with Gasteiger partial charge in [-0.25, -0.2) is 0 Å². The smallest absolute Gasteiger partial charge is 0.296 e. The predicted octanol–water partition coefficient (Wildman–Crippen LogP) is 6.62. The second kappa shape index (κ2) is 14.7. The van der Waals surface area contributed by atoms with Gasteiger partial charge in [0.1, 0.15) is 37.5 Å². The lowest BCUT2D eigenvalue weighted by molar-refractivity contribution is 0.282. The number of nitrogen functional groups attached to an aromatic ring is 2.